The molecule has 0 saturated carbocycles. The molecule has 0 saturated heterocycles. The molecule has 1 N–H and O–H groups in total. The number of fused-ring (bicyclic) bond motifs is 2. The van der Waals surface area contributed by atoms with Crippen molar-refractivity contribution in [3.05, 3.63) is 53.2 Å². The van der Waals surface area contributed by atoms with Crippen LogP contribution in [-0.2, 0) is 4.79 Å². The molecule has 0 spiro atoms. The molecule has 8 nitrogen and oxygen atoms in total. The van der Waals surface area contributed by atoms with Crippen LogP contribution in [-0.4, -0.2) is 41.0 Å². The number of rotatable bonds is 6. The number of hydrogen-bond acceptors (Lipinski definition) is 7. The van der Waals surface area contributed by atoms with Gasteiger partial charge in [0.15, 0.2) is 11.5 Å². The standard InChI is InChI=1S/C25H26N4O4S/c1-13(2)33-19-9-6-15(10-20(19)32-5)17-12-22(30)27-24-23(17)14(3)28-29(24)25-26-18-8-7-16(31-4)11-21(18)34-25/h6-11,13,17H,12H2,1-5H3,(H,27,30)/t17-/m1/s1. The first-order chi connectivity index (χ1) is 16.4. The van der Waals surface area contributed by atoms with Crippen molar-refractivity contribution >= 4 is 33.3 Å². The highest BCUT2D eigenvalue weighted by Gasteiger charge is 2.33. The lowest BCUT2D eigenvalue weighted by Gasteiger charge is -2.25. The Labute approximate surface area is 201 Å². The van der Waals surface area contributed by atoms with E-state index in [1.165, 1.54) is 11.3 Å². The van der Waals surface area contributed by atoms with E-state index >= 15 is 0 Å². The third-order valence-electron chi connectivity index (χ3n) is 5.82. The van der Waals surface area contributed by atoms with E-state index in [0.29, 0.717) is 28.9 Å². The molecule has 176 valence electrons. The van der Waals surface area contributed by atoms with Crippen molar-refractivity contribution in [3.63, 3.8) is 0 Å². The number of aromatic nitrogens is 3. The smallest absolute Gasteiger partial charge is 0.226 e. The maximum Gasteiger partial charge on any atom is 0.226 e. The highest BCUT2D eigenvalue weighted by atomic mass is 32.1. The molecule has 0 bridgehead atoms. The Morgan fingerprint density at radius 1 is 1.12 bits per heavy atom. The van der Waals surface area contributed by atoms with E-state index in [1.54, 1.807) is 18.9 Å². The third kappa shape index (κ3) is 3.86. The number of thiazole rings is 1. The summed E-state index contributed by atoms with van der Waals surface area (Å²) in [6, 6.07) is 11.6. The molecular weight excluding hydrogens is 452 g/mol. The lowest BCUT2D eigenvalue weighted by Crippen LogP contribution is -2.25. The van der Waals surface area contributed by atoms with Gasteiger partial charge in [0.1, 0.15) is 11.6 Å². The summed E-state index contributed by atoms with van der Waals surface area (Å²) in [5, 5.41) is 8.49. The fourth-order valence-electron chi connectivity index (χ4n) is 4.33. The molecular formula is C25H26N4O4S. The second-order valence-electron chi connectivity index (χ2n) is 8.47. The van der Waals surface area contributed by atoms with Crippen molar-refractivity contribution in [2.24, 2.45) is 0 Å². The molecule has 1 amide bonds. The molecule has 2 aromatic carbocycles. The molecule has 1 aliphatic heterocycles. The second-order valence-corrected chi connectivity index (χ2v) is 9.48. The first kappa shape index (κ1) is 22.2. The van der Waals surface area contributed by atoms with Gasteiger partial charge in [-0.05, 0) is 56.7 Å². The van der Waals surface area contributed by atoms with Gasteiger partial charge in [-0.15, -0.1) is 0 Å². The minimum absolute atomic E-state index is 0.0288. The van der Waals surface area contributed by atoms with Gasteiger partial charge in [0.25, 0.3) is 0 Å². The van der Waals surface area contributed by atoms with Crippen LogP contribution in [0.2, 0.25) is 0 Å². The number of anilines is 1. The summed E-state index contributed by atoms with van der Waals surface area (Å²) in [4.78, 5) is 17.5. The van der Waals surface area contributed by atoms with E-state index in [4.69, 9.17) is 24.3 Å². The molecule has 0 aliphatic carbocycles. The summed E-state index contributed by atoms with van der Waals surface area (Å²) in [5.41, 5.74) is 3.65. The zero-order valence-electron chi connectivity index (χ0n) is 19.7. The number of methoxy groups -OCH3 is 2. The van der Waals surface area contributed by atoms with Gasteiger partial charge in [-0.25, -0.2) is 4.98 Å². The predicted molar refractivity (Wildman–Crippen MR) is 132 cm³/mol. The van der Waals surface area contributed by atoms with Crippen LogP contribution in [0.25, 0.3) is 15.3 Å². The predicted octanol–water partition coefficient (Wildman–Crippen LogP) is 5.07. The largest absolute Gasteiger partial charge is 0.497 e. The van der Waals surface area contributed by atoms with Crippen LogP contribution < -0.4 is 19.5 Å². The Balaban J connectivity index is 1.59. The molecule has 1 aliphatic rings. The van der Waals surface area contributed by atoms with Crippen LogP contribution in [0, 0.1) is 6.92 Å². The molecule has 0 radical (unpaired) electrons. The van der Waals surface area contributed by atoms with E-state index in [-0.39, 0.29) is 17.9 Å². The quantitative estimate of drug-likeness (QED) is 0.416. The first-order valence-electron chi connectivity index (χ1n) is 11.1. The van der Waals surface area contributed by atoms with Crippen LogP contribution in [0.1, 0.15) is 43.0 Å². The molecule has 3 heterocycles. The number of nitrogens with zero attached hydrogens (tertiary/aromatic N) is 3. The molecule has 1 atom stereocenters. The van der Waals surface area contributed by atoms with Gasteiger partial charge >= 0.3 is 0 Å². The average molecular weight is 479 g/mol. The Kier molecular flexibility index (Phi) is 5.65. The fourth-order valence-corrected chi connectivity index (χ4v) is 5.29. The second kappa shape index (κ2) is 8.64. The molecule has 4 aromatic rings. The van der Waals surface area contributed by atoms with E-state index in [0.717, 1.165) is 32.8 Å². The minimum Gasteiger partial charge on any atom is -0.497 e. The Morgan fingerprint density at radius 2 is 1.94 bits per heavy atom. The van der Waals surface area contributed by atoms with Crippen molar-refractivity contribution in [2.45, 2.75) is 39.2 Å². The number of aryl methyl sites for hydroxylation is 1. The van der Waals surface area contributed by atoms with E-state index < -0.39 is 0 Å². The van der Waals surface area contributed by atoms with Gasteiger partial charge < -0.3 is 19.5 Å². The van der Waals surface area contributed by atoms with Gasteiger partial charge in [-0.3, -0.25) is 4.79 Å². The van der Waals surface area contributed by atoms with Crippen LogP contribution in [0.15, 0.2) is 36.4 Å². The summed E-state index contributed by atoms with van der Waals surface area (Å²) in [5.74, 6) is 2.53. The van der Waals surface area contributed by atoms with Crippen LogP contribution in [0.5, 0.6) is 17.2 Å². The fraction of sp³-hybridized carbons (Fsp3) is 0.320. The maximum atomic E-state index is 12.8. The highest BCUT2D eigenvalue weighted by Crippen LogP contribution is 2.43. The molecule has 5 rings (SSSR count). The summed E-state index contributed by atoms with van der Waals surface area (Å²) in [6.07, 6.45) is 0.352. The van der Waals surface area contributed by atoms with Gasteiger partial charge in [0, 0.05) is 17.9 Å². The molecule has 2 aromatic heterocycles. The summed E-state index contributed by atoms with van der Waals surface area (Å²) >= 11 is 1.50. The zero-order chi connectivity index (χ0) is 24.0. The Morgan fingerprint density at radius 3 is 2.68 bits per heavy atom. The van der Waals surface area contributed by atoms with E-state index in [1.807, 2.05) is 57.2 Å². The third-order valence-corrected chi connectivity index (χ3v) is 6.81. The van der Waals surface area contributed by atoms with Crippen molar-refractivity contribution in [1.29, 1.82) is 0 Å². The van der Waals surface area contributed by atoms with Crippen LogP contribution >= 0.6 is 11.3 Å². The van der Waals surface area contributed by atoms with Crippen LogP contribution in [0.4, 0.5) is 5.82 Å². The summed E-state index contributed by atoms with van der Waals surface area (Å²) in [6.45, 7) is 5.91. The van der Waals surface area contributed by atoms with Gasteiger partial charge in [0.2, 0.25) is 11.0 Å². The minimum atomic E-state index is -0.158. The SMILES string of the molecule is COc1ccc2nc(-n3nc(C)c4c3NC(=O)C[C@@H]4c3ccc(OC(C)C)c(OC)c3)sc2c1. The number of ether oxygens (including phenoxy) is 3. The van der Waals surface area contributed by atoms with Gasteiger partial charge in [-0.1, -0.05) is 17.4 Å². The number of hydrogen-bond donors (Lipinski definition) is 1. The Bertz CT molecular complexity index is 1390. The van der Waals surface area contributed by atoms with Gasteiger partial charge in [0.05, 0.1) is 36.2 Å². The van der Waals surface area contributed by atoms with Crippen molar-refractivity contribution in [3.8, 4) is 22.4 Å². The number of amides is 1. The van der Waals surface area contributed by atoms with Gasteiger partial charge in [-0.2, -0.15) is 9.78 Å². The monoisotopic (exact) mass is 478 g/mol. The molecule has 9 heteroatoms. The molecule has 0 fully saturated rings. The average Bonchev–Trinajstić information content (AvgIpc) is 3.38. The van der Waals surface area contributed by atoms with Crippen molar-refractivity contribution in [1.82, 2.24) is 14.8 Å². The lowest BCUT2D eigenvalue weighted by molar-refractivity contribution is -0.116. The number of nitrogens with one attached hydrogen (secondary N) is 1. The summed E-state index contributed by atoms with van der Waals surface area (Å²) in [7, 11) is 3.26. The molecule has 34 heavy (non-hydrogen) atoms. The van der Waals surface area contributed by atoms with E-state index in [2.05, 4.69) is 5.32 Å². The Hall–Kier alpha value is -3.59. The molecule has 0 unspecified atom stereocenters. The van der Waals surface area contributed by atoms with Crippen LogP contribution in [0.3, 0.4) is 0 Å². The van der Waals surface area contributed by atoms with Crippen molar-refractivity contribution in [2.75, 3.05) is 19.5 Å². The van der Waals surface area contributed by atoms with E-state index in [9.17, 15) is 4.79 Å². The number of benzene rings is 2. The normalized spacial score (nSPS) is 15.4. The lowest BCUT2D eigenvalue weighted by atomic mass is 9.85. The summed E-state index contributed by atoms with van der Waals surface area (Å²) < 4.78 is 19.5. The zero-order valence-corrected chi connectivity index (χ0v) is 20.5. The topological polar surface area (TPSA) is 87.5 Å². The number of carbonyl (C=O) groups is 1. The highest BCUT2D eigenvalue weighted by molar-refractivity contribution is 7.20. The number of carbonyl (C=O) groups excluding carboxylic acids is 1. The first-order valence-corrected chi connectivity index (χ1v) is 11.9. The maximum absolute atomic E-state index is 12.8. The van der Waals surface area contributed by atoms with Crippen molar-refractivity contribution < 1.29 is 19.0 Å².